The second-order valence-electron chi connectivity index (χ2n) is 3.87. The number of aryl methyl sites for hydroxylation is 3. The maximum Gasteiger partial charge on any atom is 0.340 e. The van der Waals surface area contributed by atoms with E-state index in [1.54, 1.807) is 0 Å². The van der Waals surface area contributed by atoms with Crippen LogP contribution < -0.4 is 0 Å². The van der Waals surface area contributed by atoms with Crippen molar-refractivity contribution in [2.24, 2.45) is 0 Å². The van der Waals surface area contributed by atoms with E-state index in [1.807, 2.05) is 26.8 Å². The van der Waals surface area contributed by atoms with Gasteiger partial charge >= 0.3 is 5.97 Å². The average Bonchev–Trinajstić information content (AvgIpc) is 2.17. The van der Waals surface area contributed by atoms with Crippen LogP contribution in [0.1, 0.15) is 47.6 Å². The Morgan fingerprint density at radius 1 is 1.38 bits per heavy atom. The molecule has 0 radical (unpaired) electrons. The molecule has 3 nitrogen and oxygen atoms in total. The third kappa shape index (κ3) is 2.81. The molecule has 0 aliphatic heterocycles. The van der Waals surface area contributed by atoms with Gasteiger partial charge in [0.15, 0.2) is 0 Å². The average molecular weight is 221 g/mol. The fourth-order valence-corrected chi connectivity index (χ4v) is 1.81. The Hall–Kier alpha value is -1.38. The maximum absolute atomic E-state index is 11.8. The van der Waals surface area contributed by atoms with Gasteiger partial charge in [-0.3, -0.25) is 4.98 Å². The van der Waals surface area contributed by atoms with Gasteiger partial charge in [-0.25, -0.2) is 4.79 Å². The highest BCUT2D eigenvalue weighted by molar-refractivity contribution is 5.92. The number of ether oxygens (including phenoxy) is 1. The largest absolute Gasteiger partial charge is 0.462 e. The minimum atomic E-state index is -0.254. The summed E-state index contributed by atoms with van der Waals surface area (Å²) in [6.07, 6.45) is 1.79. The molecular formula is C13H19NO2. The third-order valence-corrected chi connectivity index (χ3v) is 2.39. The zero-order chi connectivity index (χ0) is 12.1. The monoisotopic (exact) mass is 221 g/mol. The first-order valence-corrected chi connectivity index (χ1v) is 5.74. The van der Waals surface area contributed by atoms with Gasteiger partial charge in [0, 0.05) is 5.69 Å². The van der Waals surface area contributed by atoms with Crippen molar-refractivity contribution in [3.8, 4) is 0 Å². The fraction of sp³-hybridized carbons (Fsp3) is 0.538. The van der Waals surface area contributed by atoms with Gasteiger partial charge in [0.05, 0.1) is 17.9 Å². The molecule has 0 aliphatic carbocycles. The number of pyridine rings is 1. The number of esters is 1. The smallest absolute Gasteiger partial charge is 0.340 e. The molecule has 1 rings (SSSR count). The Labute approximate surface area is 96.8 Å². The molecule has 1 aromatic heterocycles. The molecule has 0 bridgehead atoms. The van der Waals surface area contributed by atoms with E-state index in [0.29, 0.717) is 12.2 Å². The van der Waals surface area contributed by atoms with Gasteiger partial charge in [0.25, 0.3) is 0 Å². The van der Waals surface area contributed by atoms with E-state index < -0.39 is 0 Å². The Morgan fingerprint density at radius 3 is 2.62 bits per heavy atom. The first kappa shape index (κ1) is 12.7. The van der Waals surface area contributed by atoms with E-state index in [4.69, 9.17) is 4.74 Å². The number of carbonyl (C=O) groups is 1. The lowest BCUT2D eigenvalue weighted by molar-refractivity contribution is 0.0523. The predicted molar refractivity (Wildman–Crippen MR) is 63.7 cm³/mol. The molecule has 3 heteroatoms. The Morgan fingerprint density at radius 2 is 2.06 bits per heavy atom. The van der Waals surface area contributed by atoms with Crippen LogP contribution in [0.2, 0.25) is 0 Å². The van der Waals surface area contributed by atoms with Crippen molar-refractivity contribution in [1.82, 2.24) is 4.98 Å². The molecule has 1 heterocycles. The van der Waals surface area contributed by atoms with Crippen LogP contribution in [0.4, 0.5) is 0 Å². The topological polar surface area (TPSA) is 39.2 Å². The number of rotatable bonds is 4. The lowest BCUT2D eigenvalue weighted by Gasteiger charge is -2.11. The van der Waals surface area contributed by atoms with Gasteiger partial charge in [-0.1, -0.05) is 13.3 Å². The van der Waals surface area contributed by atoms with Crippen molar-refractivity contribution in [2.45, 2.75) is 40.5 Å². The van der Waals surface area contributed by atoms with Gasteiger partial charge in [0.1, 0.15) is 0 Å². The first-order chi connectivity index (χ1) is 7.60. The lowest BCUT2D eigenvalue weighted by atomic mass is 10.0. The number of aromatic nitrogens is 1. The molecule has 0 saturated heterocycles. The Balaban J connectivity index is 3.18. The molecule has 0 aliphatic rings. The highest BCUT2D eigenvalue weighted by Gasteiger charge is 2.16. The van der Waals surface area contributed by atoms with Gasteiger partial charge in [-0.05, 0) is 38.8 Å². The second kappa shape index (κ2) is 5.64. The van der Waals surface area contributed by atoms with Crippen molar-refractivity contribution >= 4 is 5.97 Å². The number of nitrogens with zero attached hydrogens (tertiary/aromatic N) is 1. The van der Waals surface area contributed by atoms with Crippen molar-refractivity contribution in [3.05, 3.63) is 28.6 Å². The van der Waals surface area contributed by atoms with Crippen LogP contribution in [0.25, 0.3) is 0 Å². The van der Waals surface area contributed by atoms with Crippen molar-refractivity contribution in [2.75, 3.05) is 6.61 Å². The van der Waals surface area contributed by atoms with Gasteiger partial charge in [-0.15, -0.1) is 0 Å². The summed E-state index contributed by atoms with van der Waals surface area (Å²) in [5.41, 5.74) is 3.41. The zero-order valence-corrected chi connectivity index (χ0v) is 10.5. The van der Waals surface area contributed by atoms with Crippen LogP contribution >= 0.6 is 0 Å². The van der Waals surface area contributed by atoms with Gasteiger partial charge in [0.2, 0.25) is 0 Å². The molecule has 0 amide bonds. The van der Waals surface area contributed by atoms with Crippen molar-refractivity contribution < 1.29 is 9.53 Å². The summed E-state index contributed by atoms with van der Waals surface area (Å²) in [6.45, 7) is 8.17. The number of carbonyl (C=O) groups excluding carboxylic acids is 1. The normalized spacial score (nSPS) is 10.2. The zero-order valence-electron chi connectivity index (χ0n) is 10.5. The molecule has 0 spiro atoms. The molecule has 0 saturated carbocycles. The van der Waals surface area contributed by atoms with Crippen LogP contribution in [0.15, 0.2) is 6.07 Å². The standard InChI is InChI=1S/C13H19NO2/c1-5-7-11-12(13(15)16-6-2)9(3)8-10(4)14-11/h8H,5-7H2,1-4H3. The van der Waals surface area contributed by atoms with Crippen LogP contribution in [0, 0.1) is 13.8 Å². The summed E-state index contributed by atoms with van der Waals surface area (Å²) >= 11 is 0. The Kier molecular flexibility index (Phi) is 4.47. The number of hydrogen-bond donors (Lipinski definition) is 0. The van der Waals surface area contributed by atoms with E-state index in [9.17, 15) is 4.79 Å². The molecule has 0 fully saturated rings. The van der Waals surface area contributed by atoms with E-state index in [1.165, 1.54) is 0 Å². The lowest BCUT2D eigenvalue weighted by Crippen LogP contribution is -2.12. The first-order valence-electron chi connectivity index (χ1n) is 5.74. The molecule has 1 aromatic rings. The van der Waals surface area contributed by atoms with E-state index in [-0.39, 0.29) is 5.97 Å². The highest BCUT2D eigenvalue weighted by Crippen LogP contribution is 2.16. The summed E-state index contributed by atoms with van der Waals surface area (Å²) in [5, 5.41) is 0. The minimum Gasteiger partial charge on any atom is -0.462 e. The molecular weight excluding hydrogens is 202 g/mol. The van der Waals surface area contributed by atoms with Gasteiger partial charge in [-0.2, -0.15) is 0 Å². The van der Waals surface area contributed by atoms with Crippen molar-refractivity contribution in [1.29, 1.82) is 0 Å². The van der Waals surface area contributed by atoms with Gasteiger partial charge < -0.3 is 4.74 Å². The Bertz CT molecular complexity index is 386. The maximum atomic E-state index is 11.8. The van der Waals surface area contributed by atoms with Crippen LogP contribution in [0.5, 0.6) is 0 Å². The van der Waals surface area contributed by atoms with Crippen molar-refractivity contribution in [3.63, 3.8) is 0 Å². The summed E-state index contributed by atoms with van der Waals surface area (Å²) in [5.74, 6) is -0.254. The second-order valence-corrected chi connectivity index (χ2v) is 3.87. The molecule has 0 aromatic carbocycles. The summed E-state index contributed by atoms with van der Waals surface area (Å²) in [7, 11) is 0. The van der Waals surface area contributed by atoms with E-state index >= 15 is 0 Å². The highest BCUT2D eigenvalue weighted by atomic mass is 16.5. The minimum absolute atomic E-state index is 0.254. The van der Waals surface area contributed by atoms with Crippen LogP contribution in [-0.4, -0.2) is 17.6 Å². The quantitative estimate of drug-likeness (QED) is 0.734. The SMILES string of the molecule is CCCc1nc(C)cc(C)c1C(=O)OCC. The molecule has 0 unspecified atom stereocenters. The molecule has 88 valence electrons. The van der Waals surface area contributed by atoms with Crippen LogP contribution in [-0.2, 0) is 11.2 Å². The summed E-state index contributed by atoms with van der Waals surface area (Å²) < 4.78 is 5.06. The summed E-state index contributed by atoms with van der Waals surface area (Å²) in [6, 6.07) is 1.92. The third-order valence-electron chi connectivity index (χ3n) is 2.39. The fourth-order valence-electron chi connectivity index (χ4n) is 1.81. The molecule has 0 atom stereocenters. The molecule has 0 N–H and O–H groups in total. The number of hydrogen-bond acceptors (Lipinski definition) is 3. The molecule has 16 heavy (non-hydrogen) atoms. The predicted octanol–water partition coefficient (Wildman–Crippen LogP) is 2.83. The van der Waals surface area contributed by atoms with E-state index in [0.717, 1.165) is 29.8 Å². The van der Waals surface area contributed by atoms with E-state index in [2.05, 4.69) is 11.9 Å². The van der Waals surface area contributed by atoms with Crippen LogP contribution in [0.3, 0.4) is 0 Å². The summed E-state index contributed by atoms with van der Waals surface area (Å²) in [4.78, 5) is 16.2.